The molecular weight excluding hydrogens is 288 g/mol. The lowest BCUT2D eigenvalue weighted by Crippen LogP contribution is -2.39. The number of rotatable bonds is 8. The zero-order valence-corrected chi connectivity index (χ0v) is 14.6. The van der Waals surface area contributed by atoms with E-state index in [4.69, 9.17) is 0 Å². The van der Waals surface area contributed by atoms with E-state index in [0.29, 0.717) is 24.5 Å². The fraction of sp³-hybridized carbons (Fsp3) is 0.474. The van der Waals surface area contributed by atoms with Crippen LogP contribution in [0.2, 0.25) is 0 Å². The average molecular weight is 316 g/mol. The third-order valence-corrected chi connectivity index (χ3v) is 3.47. The van der Waals surface area contributed by atoms with E-state index in [1.807, 2.05) is 58.0 Å². The predicted molar refractivity (Wildman–Crippen MR) is 93.7 cm³/mol. The molecule has 0 radical (unpaired) electrons. The molecule has 0 bridgehead atoms. The Bertz CT molecular complexity index is 536. The maximum Gasteiger partial charge on any atom is 0.247 e. The van der Waals surface area contributed by atoms with E-state index in [1.54, 1.807) is 0 Å². The molecule has 1 rings (SSSR count). The fourth-order valence-electron chi connectivity index (χ4n) is 2.30. The normalized spacial score (nSPS) is 12.1. The van der Waals surface area contributed by atoms with Crippen LogP contribution in [0.3, 0.4) is 0 Å². The SMILES string of the molecule is C=C(C(=O)NC(C)C)C(CC(C)C)C(=O)NCc1ccccc1. The second kappa shape index (κ2) is 9.13. The van der Waals surface area contributed by atoms with Gasteiger partial charge in [-0.05, 0) is 31.7 Å². The van der Waals surface area contributed by atoms with Gasteiger partial charge in [-0.25, -0.2) is 0 Å². The quantitative estimate of drug-likeness (QED) is 0.724. The van der Waals surface area contributed by atoms with E-state index in [-0.39, 0.29) is 17.9 Å². The number of benzene rings is 1. The van der Waals surface area contributed by atoms with Crippen LogP contribution in [0.5, 0.6) is 0 Å². The zero-order chi connectivity index (χ0) is 17.4. The lowest BCUT2D eigenvalue weighted by Gasteiger charge is -2.21. The first-order valence-corrected chi connectivity index (χ1v) is 8.12. The minimum Gasteiger partial charge on any atom is -0.351 e. The molecule has 0 fully saturated rings. The van der Waals surface area contributed by atoms with Crippen LogP contribution in [0.4, 0.5) is 0 Å². The van der Waals surface area contributed by atoms with Crippen LogP contribution >= 0.6 is 0 Å². The van der Waals surface area contributed by atoms with Gasteiger partial charge in [0.1, 0.15) is 0 Å². The summed E-state index contributed by atoms with van der Waals surface area (Å²) in [6.07, 6.45) is 0.602. The van der Waals surface area contributed by atoms with E-state index < -0.39 is 5.92 Å². The van der Waals surface area contributed by atoms with Gasteiger partial charge < -0.3 is 10.6 Å². The molecule has 0 aromatic heterocycles. The highest BCUT2D eigenvalue weighted by Gasteiger charge is 2.27. The third-order valence-electron chi connectivity index (χ3n) is 3.47. The highest BCUT2D eigenvalue weighted by Crippen LogP contribution is 2.20. The summed E-state index contributed by atoms with van der Waals surface area (Å²) in [4.78, 5) is 24.7. The second-order valence-electron chi connectivity index (χ2n) is 6.54. The predicted octanol–water partition coefficient (Wildman–Crippen LogP) is 3.05. The van der Waals surface area contributed by atoms with Crippen LogP contribution in [0, 0.1) is 11.8 Å². The van der Waals surface area contributed by atoms with Crippen LogP contribution in [0.1, 0.15) is 39.7 Å². The summed E-state index contributed by atoms with van der Waals surface area (Å²) >= 11 is 0. The average Bonchev–Trinajstić information content (AvgIpc) is 2.49. The van der Waals surface area contributed by atoms with Gasteiger partial charge in [0, 0.05) is 18.2 Å². The molecule has 0 spiro atoms. The zero-order valence-electron chi connectivity index (χ0n) is 14.6. The Morgan fingerprint density at radius 3 is 2.22 bits per heavy atom. The highest BCUT2D eigenvalue weighted by atomic mass is 16.2. The minimum atomic E-state index is -0.502. The van der Waals surface area contributed by atoms with Crippen molar-refractivity contribution in [1.82, 2.24) is 10.6 Å². The summed E-state index contributed by atoms with van der Waals surface area (Å²) in [5.74, 6) is -0.601. The molecule has 2 amide bonds. The summed E-state index contributed by atoms with van der Waals surface area (Å²) in [7, 11) is 0. The van der Waals surface area contributed by atoms with Gasteiger partial charge in [-0.15, -0.1) is 0 Å². The highest BCUT2D eigenvalue weighted by molar-refractivity contribution is 5.99. The van der Waals surface area contributed by atoms with Crippen LogP contribution in [0.15, 0.2) is 42.5 Å². The molecule has 1 aromatic carbocycles. The molecule has 0 aliphatic carbocycles. The van der Waals surface area contributed by atoms with Gasteiger partial charge in [-0.2, -0.15) is 0 Å². The first-order chi connectivity index (χ1) is 10.8. The Kier molecular flexibility index (Phi) is 7.52. The fourth-order valence-corrected chi connectivity index (χ4v) is 2.30. The van der Waals surface area contributed by atoms with Gasteiger partial charge in [0.05, 0.1) is 5.92 Å². The Hall–Kier alpha value is -2.10. The molecule has 1 atom stereocenters. The molecule has 4 nitrogen and oxygen atoms in total. The number of carbonyl (C=O) groups excluding carboxylic acids is 2. The van der Waals surface area contributed by atoms with Crippen molar-refractivity contribution in [3.8, 4) is 0 Å². The molecule has 0 aliphatic rings. The van der Waals surface area contributed by atoms with Gasteiger partial charge in [0.25, 0.3) is 0 Å². The molecule has 0 heterocycles. The Labute approximate surface area is 139 Å². The largest absolute Gasteiger partial charge is 0.351 e. The summed E-state index contributed by atoms with van der Waals surface area (Å²) in [6.45, 7) is 12.2. The van der Waals surface area contributed by atoms with Crippen LogP contribution < -0.4 is 10.6 Å². The van der Waals surface area contributed by atoms with Crippen LogP contribution in [-0.4, -0.2) is 17.9 Å². The van der Waals surface area contributed by atoms with E-state index in [9.17, 15) is 9.59 Å². The van der Waals surface area contributed by atoms with Gasteiger partial charge in [-0.3, -0.25) is 9.59 Å². The lowest BCUT2D eigenvalue weighted by atomic mass is 9.89. The van der Waals surface area contributed by atoms with Crippen molar-refractivity contribution in [3.63, 3.8) is 0 Å². The molecule has 1 unspecified atom stereocenters. The summed E-state index contributed by atoms with van der Waals surface area (Å²) in [5.41, 5.74) is 1.36. The van der Waals surface area contributed by atoms with Gasteiger partial charge >= 0.3 is 0 Å². The lowest BCUT2D eigenvalue weighted by molar-refractivity contribution is -0.127. The van der Waals surface area contributed by atoms with E-state index >= 15 is 0 Å². The first kappa shape index (κ1) is 18.9. The van der Waals surface area contributed by atoms with Crippen molar-refractivity contribution in [2.75, 3.05) is 0 Å². The number of hydrogen-bond acceptors (Lipinski definition) is 2. The van der Waals surface area contributed by atoms with Crippen molar-refractivity contribution >= 4 is 11.8 Å². The van der Waals surface area contributed by atoms with Crippen molar-refractivity contribution in [2.45, 2.75) is 46.7 Å². The van der Waals surface area contributed by atoms with E-state index in [0.717, 1.165) is 5.56 Å². The standard InChI is InChI=1S/C19H28N2O2/c1-13(2)11-17(15(5)18(22)21-14(3)4)19(23)20-12-16-9-7-6-8-10-16/h6-10,13-14,17H,5,11-12H2,1-4H3,(H,20,23)(H,21,22). The molecule has 1 aromatic rings. The van der Waals surface area contributed by atoms with Crippen LogP contribution in [0.25, 0.3) is 0 Å². The maximum atomic E-state index is 12.5. The molecule has 0 aliphatic heterocycles. The topological polar surface area (TPSA) is 58.2 Å². The van der Waals surface area contributed by atoms with Crippen molar-refractivity contribution in [1.29, 1.82) is 0 Å². The molecule has 0 saturated carbocycles. The summed E-state index contributed by atoms with van der Waals surface area (Å²) < 4.78 is 0. The Morgan fingerprint density at radius 1 is 1.09 bits per heavy atom. The molecule has 23 heavy (non-hydrogen) atoms. The van der Waals surface area contributed by atoms with Gasteiger partial charge in [-0.1, -0.05) is 50.8 Å². The van der Waals surface area contributed by atoms with Crippen molar-refractivity contribution < 1.29 is 9.59 Å². The minimum absolute atomic E-state index is 0.0197. The number of nitrogens with one attached hydrogen (secondary N) is 2. The monoisotopic (exact) mass is 316 g/mol. The molecule has 126 valence electrons. The molecule has 2 N–H and O–H groups in total. The van der Waals surface area contributed by atoms with Gasteiger partial charge in [0.15, 0.2) is 0 Å². The first-order valence-electron chi connectivity index (χ1n) is 8.12. The molecule has 0 saturated heterocycles. The summed E-state index contributed by atoms with van der Waals surface area (Å²) in [6, 6.07) is 9.73. The van der Waals surface area contributed by atoms with E-state index in [1.165, 1.54) is 0 Å². The number of hydrogen-bond donors (Lipinski definition) is 2. The van der Waals surface area contributed by atoms with Gasteiger partial charge in [0.2, 0.25) is 11.8 Å². The number of amides is 2. The smallest absolute Gasteiger partial charge is 0.247 e. The Balaban J connectivity index is 2.74. The summed E-state index contributed by atoms with van der Waals surface area (Å²) in [5, 5.41) is 5.72. The van der Waals surface area contributed by atoms with Crippen molar-refractivity contribution in [2.24, 2.45) is 11.8 Å². The maximum absolute atomic E-state index is 12.5. The number of carbonyl (C=O) groups is 2. The van der Waals surface area contributed by atoms with E-state index in [2.05, 4.69) is 17.2 Å². The molecule has 4 heteroatoms. The Morgan fingerprint density at radius 2 is 1.70 bits per heavy atom. The molecular formula is C19H28N2O2. The van der Waals surface area contributed by atoms with Crippen molar-refractivity contribution in [3.05, 3.63) is 48.0 Å². The van der Waals surface area contributed by atoms with Crippen LogP contribution in [-0.2, 0) is 16.1 Å². The third kappa shape index (κ3) is 6.68. The second-order valence-corrected chi connectivity index (χ2v) is 6.54.